The molecular formula is C10H19NO2. The molecule has 3 unspecified atom stereocenters. The molecule has 1 aliphatic carbocycles. The number of rotatable bonds is 3. The lowest BCUT2D eigenvalue weighted by molar-refractivity contribution is -0.145. The number of aliphatic carboxylic acids is 1. The number of hydrogen-bond donors (Lipinski definition) is 2. The first kappa shape index (κ1) is 10.5. The fourth-order valence-electron chi connectivity index (χ4n) is 2.14. The summed E-state index contributed by atoms with van der Waals surface area (Å²) in [6, 6.07) is 0.419. The highest BCUT2D eigenvalue weighted by Crippen LogP contribution is 2.29. The Labute approximate surface area is 79.5 Å². The third-order valence-corrected chi connectivity index (χ3v) is 3.01. The zero-order valence-corrected chi connectivity index (χ0v) is 8.42. The molecule has 1 rings (SSSR count). The van der Waals surface area contributed by atoms with E-state index in [1.165, 1.54) is 0 Å². The second-order valence-electron chi connectivity index (χ2n) is 3.99. The Morgan fingerprint density at radius 1 is 1.54 bits per heavy atom. The number of carbonyl (C=O) groups is 1. The summed E-state index contributed by atoms with van der Waals surface area (Å²) >= 11 is 0. The maximum atomic E-state index is 10.9. The van der Waals surface area contributed by atoms with Gasteiger partial charge < -0.3 is 10.4 Å². The standard InChI is InChI=1S/C10H19NO2/c1-3-11-8-5-4-7(2)9(6-8)10(12)13/h7-9,11H,3-6H2,1-2H3,(H,12,13). The van der Waals surface area contributed by atoms with Gasteiger partial charge in [0.05, 0.1) is 5.92 Å². The molecule has 76 valence electrons. The number of carboxylic acids is 1. The van der Waals surface area contributed by atoms with E-state index in [1.54, 1.807) is 0 Å². The van der Waals surface area contributed by atoms with Crippen molar-refractivity contribution in [3.8, 4) is 0 Å². The van der Waals surface area contributed by atoms with Gasteiger partial charge in [0.25, 0.3) is 0 Å². The topological polar surface area (TPSA) is 49.3 Å². The van der Waals surface area contributed by atoms with Crippen molar-refractivity contribution in [3.63, 3.8) is 0 Å². The summed E-state index contributed by atoms with van der Waals surface area (Å²) in [5.74, 6) is -0.430. The third kappa shape index (κ3) is 2.69. The summed E-state index contributed by atoms with van der Waals surface area (Å²) in [7, 11) is 0. The molecule has 0 radical (unpaired) electrons. The Kier molecular flexibility index (Phi) is 3.72. The molecule has 0 aliphatic heterocycles. The van der Waals surface area contributed by atoms with E-state index in [2.05, 4.69) is 12.2 Å². The average molecular weight is 185 g/mol. The van der Waals surface area contributed by atoms with Crippen molar-refractivity contribution in [1.29, 1.82) is 0 Å². The van der Waals surface area contributed by atoms with Gasteiger partial charge in [0.15, 0.2) is 0 Å². The summed E-state index contributed by atoms with van der Waals surface area (Å²) in [6.45, 7) is 5.04. The molecule has 0 spiro atoms. The van der Waals surface area contributed by atoms with Gasteiger partial charge in [-0.2, -0.15) is 0 Å². The van der Waals surface area contributed by atoms with Gasteiger partial charge in [0.1, 0.15) is 0 Å². The average Bonchev–Trinajstić information content (AvgIpc) is 2.08. The molecular weight excluding hydrogens is 166 g/mol. The quantitative estimate of drug-likeness (QED) is 0.700. The normalized spacial score (nSPS) is 34.5. The van der Waals surface area contributed by atoms with Crippen LogP contribution in [0.15, 0.2) is 0 Å². The second-order valence-corrected chi connectivity index (χ2v) is 3.99. The van der Waals surface area contributed by atoms with Crippen molar-refractivity contribution >= 4 is 5.97 Å². The molecule has 3 atom stereocenters. The van der Waals surface area contributed by atoms with Crippen LogP contribution in [-0.4, -0.2) is 23.7 Å². The number of nitrogens with one attached hydrogen (secondary N) is 1. The Hall–Kier alpha value is -0.570. The van der Waals surface area contributed by atoms with Crippen LogP contribution in [0.2, 0.25) is 0 Å². The van der Waals surface area contributed by atoms with Crippen LogP contribution in [-0.2, 0) is 4.79 Å². The van der Waals surface area contributed by atoms with E-state index in [-0.39, 0.29) is 5.92 Å². The molecule has 0 heterocycles. The van der Waals surface area contributed by atoms with Crippen LogP contribution in [0.5, 0.6) is 0 Å². The van der Waals surface area contributed by atoms with Crippen molar-refractivity contribution in [2.45, 2.75) is 39.2 Å². The van der Waals surface area contributed by atoms with Crippen LogP contribution in [0, 0.1) is 11.8 Å². The van der Waals surface area contributed by atoms with E-state index in [0.29, 0.717) is 12.0 Å². The van der Waals surface area contributed by atoms with Crippen LogP contribution < -0.4 is 5.32 Å². The molecule has 13 heavy (non-hydrogen) atoms. The second kappa shape index (κ2) is 4.61. The van der Waals surface area contributed by atoms with Gasteiger partial charge in [-0.3, -0.25) is 4.79 Å². The zero-order chi connectivity index (χ0) is 9.84. The largest absolute Gasteiger partial charge is 0.481 e. The van der Waals surface area contributed by atoms with Crippen molar-refractivity contribution in [1.82, 2.24) is 5.32 Å². The Morgan fingerprint density at radius 2 is 2.23 bits per heavy atom. The van der Waals surface area contributed by atoms with Gasteiger partial charge in [-0.15, -0.1) is 0 Å². The van der Waals surface area contributed by atoms with Crippen LogP contribution in [0.3, 0.4) is 0 Å². The Morgan fingerprint density at radius 3 is 2.77 bits per heavy atom. The van der Waals surface area contributed by atoms with Gasteiger partial charge in [-0.25, -0.2) is 0 Å². The highest BCUT2D eigenvalue weighted by atomic mass is 16.4. The predicted octanol–water partition coefficient (Wildman–Crippen LogP) is 1.49. The molecule has 2 N–H and O–H groups in total. The third-order valence-electron chi connectivity index (χ3n) is 3.01. The molecule has 0 aromatic heterocycles. The molecule has 0 aromatic carbocycles. The Bertz CT molecular complexity index is 182. The van der Waals surface area contributed by atoms with E-state index < -0.39 is 5.97 Å². The fraction of sp³-hybridized carbons (Fsp3) is 0.900. The van der Waals surface area contributed by atoms with Gasteiger partial charge in [0, 0.05) is 6.04 Å². The maximum absolute atomic E-state index is 10.9. The highest BCUT2D eigenvalue weighted by Gasteiger charge is 2.31. The monoisotopic (exact) mass is 185 g/mol. The first-order valence-electron chi connectivity index (χ1n) is 5.11. The highest BCUT2D eigenvalue weighted by molar-refractivity contribution is 5.70. The minimum atomic E-state index is -0.630. The van der Waals surface area contributed by atoms with Gasteiger partial charge in [-0.05, 0) is 31.7 Å². The lowest BCUT2D eigenvalue weighted by atomic mass is 9.78. The first-order chi connectivity index (χ1) is 6.15. The van der Waals surface area contributed by atoms with Crippen molar-refractivity contribution in [2.75, 3.05) is 6.54 Å². The maximum Gasteiger partial charge on any atom is 0.306 e. The van der Waals surface area contributed by atoms with E-state index >= 15 is 0 Å². The van der Waals surface area contributed by atoms with E-state index in [4.69, 9.17) is 5.11 Å². The zero-order valence-electron chi connectivity index (χ0n) is 8.42. The molecule has 0 amide bonds. The molecule has 0 aromatic rings. The van der Waals surface area contributed by atoms with Crippen LogP contribution in [0.25, 0.3) is 0 Å². The smallest absolute Gasteiger partial charge is 0.306 e. The predicted molar refractivity (Wildman–Crippen MR) is 51.6 cm³/mol. The van der Waals surface area contributed by atoms with Crippen LogP contribution >= 0.6 is 0 Å². The number of hydrogen-bond acceptors (Lipinski definition) is 2. The molecule has 3 nitrogen and oxygen atoms in total. The van der Waals surface area contributed by atoms with Gasteiger partial charge >= 0.3 is 5.97 Å². The Balaban J connectivity index is 2.47. The molecule has 1 fully saturated rings. The minimum Gasteiger partial charge on any atom is -0.481 e. The molecule has 1 saturated carbocycles. The number of carboxylic acid groups (broad SMARTS) is 1. The molecule has 0 bridgehead atoms. The summed E-state index contributed by atoms with van der Waals surface area (Å²) in [6.07, 6.45) is 2.96. The summed E-state index contributed by atoms with van der Waals surface area (Å²) in [5.41, 5.74) is 0. The minimum absolute atomic E-state index is 0.141. The first-order valence-corrected chi connectivity index (χ1v) is 5.11. The summed E-state index contributed by atoms with van der Waals surface area (Å²) < 4.78 is 0. The lowest BCUT2D eigenvalue weighted by Crippen LogP contribution is -2.39. The lowest BCUT2D eigenvalue weighted by Gasteiger charge is -2.32. The van der Waals surface area contributed by atoms with Crippen molar-refractivity contribution < 1.29 is 9.90 Å². The van der Waals surface area contributed by atoms with E-state index in [1.807, 2.05) is 6.92 Å². The SMILES string of the molecule is CCNC1CCC(C)C(C(=O)O)C1. The molecule has 3 heteroatoms. The summed E-state index contributed by atoms with van der Waals surface area (Å²) in [5, 5.41) is 12.3. The van der Waals surface area contributed by atoms with Crippen molar-refractivity contribution in [2.24, 2.45) is 11.8 Å². The molecule has 0 saturated heterocycles. The van der Waals surface area contributed by atoms with Gasteiger partial charge in [0.2, 0.25) is 0 Å². The van der Waals surface area contributed by atoms with E-state index in [9.17, 15) is 4.79 Å². The molecule has 1 aliphatic rings. The fourth-order valence-corrected chi connectivity index (χ4v) is 2.14. The summed E-state index contributed by atoms with van der Waals surface area (Å²) in [4.78, 5) is 10.9. The van der Waals surface area contributed by atoms with Crippen LogP contribution in [0.1, 0.15) is 33.1 Å². The van der Waals surface area contributed by atoms with Crippen molar-refractivity contribution in [3.05, 3.63) is 0 Å². The van der Waals surface area contributed by atoms with E-state index in [0.717, 1.165) is 25.8 Å². The van der Waals surface area contributed by atoms with Gasteiger partial charge in [-0.1, -0.05) is 13.8 Å². The van der Waals surface area contributed by atoms with Crippen LogP contribution in [0.4, 0.5) is 0 Å².